The van der Waals surface area contributed by atoms with E-state index in [1.807, 2.05) is 49.1 Å². The number of aromatic amines is 1. The Labute approximate surface area is 193 Å². The lowest BCUT2D eigenvalue weighted by Gasteiger charge is -2.23. The fourth-order valence-electron chi connectivity index (χ4n) is 4.43. The molecule has 2 amide bonds. The molecule has 3 aromatic rings. The number of likely N-dealkylation sites (N-methyl/N-ethyl adjacent to an activating group) is 1. The maximum atomic E-state index is 14.1. The normalized spacial score (nSPS) is 16.7. The molecule has 4 rings (SSSR count). The molecule has 0 unspecified atom stereocenters. The van der Waals surface area contributed by atoms with Crippen LogP contribution in [0.25, 0.3) is 11.1 Å². The summed E-state index contributed by atoms with van der Waals surface area (Å²) >= 11 is 0. The second-order valence-electron chi connectivity index (χ2n) is 8.36. The molecule has 1 N–H and O–H groups in total. The van der Waals surface area contributed by atoms with Crippen LogP contribution in [0.1, 0.15) is 35.5 Å². The number of amides is 2. The maximum absolute atomic E-state index is 14.1. The van der Waals surface area contributed by atoms with Crippen LogP contribution in [0.5, 0.6) is 0 Å². The van der Waals surface area contributed by atoms with Gasteiger partial charge in [0.1, 0.15) is 5.82 Å². The third kappa shape index (κ3) is 4.82. The number of benzene rings is 2. The van der Waals surface area contributed by atoms with Gasteiger partial charge < -0.3 is 9.80 Å². The average molecular weight is 449 g/mol. The highest BCUT2D eigenvalue weighted by Gasteiger charge is 2.32. The highest BCUT2D eigenvalue weighted by molar-refractivity contribution is 5.95. The van der Waals surface area contributed by atoms with Crippen LogP contribution < -0.4 is 0 Å². The largest absolute Gasteiger partial charge is 0.341 e. The number of H-pyrrole nitrogens is 1. The molecule has 0 spiro atoms. The Morgan fingerprint density at radius 1 is 1.12 bits per heavy atom. The van der Waals surface area contributed by atoms with Gasteiger partial charge in [-0.3, -0.25) is 14.7 Å². The van der Waals surface area contributed by atoms with Crippen LogP contribution in [0.15, 0.2) is 54.7 Å². The molecule has 0 aliphatic carbocycles. The summed E-state index contributed by atoms with van der Waals surface area (Å²) in [7, 11) is 0. The first-order valence-electron chi connectivity index (χ1n) is 11.5. The van der Waals surface area contributed by atoms with E-state index in [0.717, 1.165) is 16.8 Å². The Morgan fingerprint density at radius 3 is 2.58 bits per heavy atom. The second kappa shape index (κ2) is 9.98. The number of nitrogens with one attached hydrogen (secondary N) is 1. The number of carbonyl (C=O) groups excluding carboxylic acids is 2. The van der Waals surface area contributed by atoms with E-state index < -0.39 is 0 Å². The van der Waals surface area contributed by atoms with Gasteiger partial charge in [-0.1, -0.05) is 49.4 Å². The Morgan fingerprint density at radius 2 is 1.88 bits per heavy atom. The Hall–Kier alpha value is -3.48. The van der Waals surface area contributed by atoms with Crippen molar-refractivity contribution in [3.63, 3.8) is 0 Å². The predicted octanol–water partition coefficient (Wildman–Crippen LogP) is 3.94. The van der Waals surface area contributed by atoms with Gasteiger partial charge in [-0.15, -0.1) is 0 Å². The Bertz CT molecular complexity index is 1130. The van der Waals surface area contributed by atoms with Crippen LogP contribution in [0, 0.1) is 11.7 Å². The minimum Gasteiger partial charge on any atom is -0.341 e. The SMILES string of the molecule is CCc1[nH]ncc1C(=O)N1CCN(CC)C(=O)[C@H](Cc2ccc(-c3ccccc3F)cc2)C1. The summed E-state index contributed by atoms with van der Waals surface area (Å²) in [5.74, 6) is -0.629. The molecule has 6 nitrogen and oxygen atoms in total. The lowest BCUT2D eigenvalue weighted by atomic mass is 9.95. The lowest BCUT2D eigenvalue weighted by molar-refractivity contribution is -0.134. The molecule has 172 valence electrons. The molecule has 0 bridgehead atoms. The molecule has 0 radical (unpaired) electrons. The van der Waals surface area contributed by atoms with Gasteiger partial charge >= 0.3 is 0 Å². The van der Waals surface area contributed by atoms with Crippen LogP contribution in [-0.4, -0.2) is 58.0 Å². The zero-order chi connectivity index (χ0) is 23.4. The van der Waals surface area contributed by atoms with Gasteiger partial charge in [0.05, 0.1) is 17.7 Å². The molecule has 33 heavy (non-hydrogen) atoms. The maximum Gasteiger partial charge on any atom is 0.257 e. The summed E-state index contributed by atoms with van der Waals surface area (Å²) < 4.78 is 14.1. The van der Waals surface area contributed by atoms with Crippen molar-refractivity contribution in [3.05, 3.63) is 77.4 Å². The summed E-state index contributed by atoms with van der Waals surface area (Å²) in [5.41, 5.74) is 3.71. The van der Waals surface area contributed by atoms with Crippen LogP contribution in [0.3, 0.4) is 0 Å². The summed E-state index contributed by atoms with van der Waals surface area (Å²) in [5, 5.41) is 6.92. The van der Waals surface area contributed by atoms with E-state index in [-0.39, 0.29) is 23.5 Å². The minimum absolute atomic E-state index is 0.0638. The first-order valence-corrected chi connectivity index (χ1v) is 11.5. The lowest BCUT2D eigenvalue weighted by Crippen LogP contribution is -2.38. The van der Waals surface area contributed by atoms with E-state index in [1.165, 1.54) is 6.07 Å². The smallest absolute Gasteiger partial charge is 0.257 e. The van der Waals surface area contributed by atoms with Crippen molar-refractivity contribution in [2.75, 3.05) is 26.2 Å². The summed E-state index contributed by atoms with van der Waals surface area (Å²) in [6.07, 6.45) is 2.78. The number of aryl methyl sites for hydroxylation is 1. The van der Waals surface area contributed by atoms with Crippen LogP contribution in [0.4, 0.5) is 4.39 Å². The number of hydrogen-bond donors (Lipinski definition) is 1. The van der Waals surface area contributed by atoms with Crippen molar-refractivity contribution in [1.29, 1.82) is 0 Å². The molecule has 2 aromatic carbocycles. The van der Waals surface area contributed by atoms with Crippen molar-refractivity contribution < 1.29 is 14.0 Å². The number of halogens is 1. The molecule has 1 aliphatic rings. The zero-order valence-electron chi connectivity index (χ0n) is 19.1. The molecule has 1 atom stereocenters. The Balaban J connectivity index is 1.55. The third-order valence-corrected chi connectivity index (χ3v) is 6.33. The third-order valence-electron chi connectivity index (χ3n) is 6.33. The standard InChI is InChI=1S/C26H29FN4O2/c1-3-24-22(16-28-29-24)26(33)31-14-13-30(4-2)25(32)20(17-31)15-18-9-11-19(12-10-18)21-7-5-6-8-23(21)27/h5-12,16,20H,3-4,13-15,17H2,1-2H3,(H,28,29)/t20-/m1/s1. The van der Waals surface area contributed by atoms with Crippen molar-refractivity contribution in [1.82, 2.24) is 20.0 Å². The molecule has 1 aromatic heterocycles. The summed E-state index contributed by atoms with van der Waals surface area (Å²) in [4.78, 5) is 30.0. The van der Waals surface area contributed by atoms with Gasteiger partial charge in [0.2, 0.25) is 5.91 Å². The van der Waals surface area contributed by atoms with Crippen LogP contribution in [-0.2, 0) is 17.6 Å². The van der Waals surface area contributed by atoms with Crippen molar-refractivity contribution in [2.24, 2.45) is 5.92 Å². The van der Waals surface area contributed by atoms with Crippen molar-refractivity contribution in [2.45, 2.75) is 26.7 Å². The number of rotatable bonds is 6. The molecular formula is C26H29FN4O2. The van der Waals surface area contributed by atoms with Gasteiger partial charge in [-0.2, -0.15) is 5.10 Å². The second-order valence-corrected chi connectivity index (χ2v) is 8.36. The van der Waals surface area contributed by atoms with Crippen molar-refractivity contribution in [3.8, 4) is 11.1 Å². The topological polar surface area (TPSA) is 69.3 Å². The van der Waals surface area contributed by atoms with E-state index in [1.54, 1.807) is 23.2 Å². The van der Waals surface area contributed by atoms with E-state index in [2.05, 4.69) is 10.2 Å². The first kappa shape index (κ1) is 22.7. The fourth-order valence-corrected chi connectivity index (χ4v) is 4.43. The first-order chi connectivity index (χ1) is 16.0. The highest BCUT2D eigenvalue weighted by Crippen LogP contribution is 2.25. The quantitative estimate of drug-likeness (QED) is 0.621. The minimum atomic E-state index is -0.340. The molecule has 0 saturated carbocycles. The van der Waals surface area contributed by atoms with Gasteiger partial charge in [0, 0.05) is 37.4 Å². The predicted molar refractivity (Wildman–Crippen MR) is 125 cm³/mol. The van der Waals surface area contributed by atoms with Gasteiger partial charge in [0.25, 0.3) is 5.91 Å². The Kier molecular flexibility index (Phi) is 6.87. The summed E-state index contributed by atoms with van der Waals surface area (Å²) in [6, 6.07) is 14.3. The molecular weight excluding hydrogens is 419 g/mol. The summed E-state index contributed by atoms with van der Waals surface area (Å²) in [6.45, 7) is 5.91. The highest BCUT2D eigenvalue weighted by atomic mass is 19.1. The van der Waals surface area contributed by atoms with E-state index >= 15 is 0 Å². The molecule has 7 heteroatoms. The monoisotopic (exact) mass is 448 g/mol. The van der Waals surface area contributed by atoms with E-state index in [4.69, 9.17) is 0 Å². The molecule has 1 aliphatic heterocycles. The van der Waals surface area contributed by atoms with E-state index in [9.17, 15) is 14.0 Å². The van der Waals surface area contributed by atoms with Gasteiger partial charge in [0.15, 0.2) is 0 Å². The van der Waals surface area contributed by atoms with E-state index in [0.29, 0.717) is 50.1 Å². The number of aromatic nitrogens is 2. The number of carbonyl (C=O) groups is 2. The molecule has 2 heterocycles. The number of nitrogens with zero attached hydrogens (tertiary/aromatic N) is 3. The number of hydrogen-bond acceptors (Lipinski definition) is 3. The molecule has 1 fully saturated rings. The fraction of sp³-hybridized carbons (Fsp3) is 0.346. The van der Waals surface area contributed by atoms with Gasteiger partial charge in [-0.05, 0) is 37.0 Å². The zero-order valence-corrected chi connectivity index (χ0v) is 19.1. The van der Waals surface area contributed by atoms with Gasteiger partial charge in [-0.25, -0.2) is 4.39 Å². The average Bonchev–Trinajstić information content (AvgIpc) is 3.26. The van der Waals surface area contributed by atoms with Crippen LogP contribution >= 0.6 is 0 Å². The van der Waals surface area contributed by atoms with Crippen LogP contribution in [0.2, 0.25) is 0 Å². The van der Waals surface area contributed by atoms with Crippen molar-refractivity contribution >= 4 is 11.8 Å². The molecule has 1 saturated heterocycles.